The van der Waals surface area contributed by atoms with E-state index in [0.717, 1.165) is 0 Å². The second-order valence-corrected chi connectivity index (χ2v) is 1.60. The van der Waals surface area contributed by atoms with Gasteiger partial charge in [0, 0.05) is 0 Å². The molecule has 0 atom stereocenters. The molecule has 8 heteroatoms. The van der Waals surface area contributed by atoms with E-state index in [4.69, 9.17) is 8.42 Å². The van der Waals surface area contributed by atoms with Gasteiger partial charge in [0.05, 0.1) is 0 Å². The van der Waals surface area contributed by atoms with Gasteiger partial charge in [0.15, 0.2) is 5.51 Å². The minimum absolute atomic E-state index is 2.24. The third-order valence-electron chi connectivity index (χ3n) is 0.145. The van der Waals surface area contributed by atoms with Crippen molar-refractivity contribution in [2.75, 3.05) is 0 Å². The molecule has 0 saturated carbocycles. The largest absolute Gasteiger partial charge is 0.458 e. The molecular weight excluding hydrogens is 151 g/mol. The van der Waals surface area contributed by atoms with Crippen LogP contribution in [0.3, 0.4) is 0 Å². The van der Waals surface area contributed by atoms with E-state index < -0.39 is 16.0 Å². The van der Waals surface area contributed by atoms with Crippen LogP contribution in [0.15, 0.2) is 0 Å². The van der Waals surface area contributed by atoms with E-state index in [-0.39, 0.29) is 0 Å². The number of halogens is 3. The first-order valence-corrected chi connectivity index (χ1v) is 2.48. The van der Waals surface area contributed by atoms with Crippen molar-refractivity contribution in [3.8, 4) is 0 Å². The summed E-state index contributed by atoms with van der Waals surface area (Å²) in [4.78, 5) is 0. The maximum Gasteiger partial charge on any atom is 0.458 e. The van der Waals surface area contributed by atoms with Gasteiger partial charge in [-0.3, -0.25) is 0 Å². The van der Waals surface area contributed by atoms with Crippen molar-refractivity contribution in [3.63, 3.8) is 0 Å². The summed E-state index contributed by atoms with van der Waals surface area (Å²) < 4.78 is 52.2. The van der Waals surface area contributed by atoms with Crippen LogP contribution >= 0.6 is 0 Å². The molecule has 4 nitrogen and oxygen atoms in total. The number of hydrogen-bond donors (Lipinski definition) is 0. The Labute approximate surface area is 42.7 Å². The quantitative estimate of drug-likeness (QED) is 0.321. The first-order chi connectivity index (χ1) is 3.42. The van der Waals surface area contributed by atoms with Gasteiger partial charge in [0.25, 0.3) is 0 Å². The topological polar surface area (TPSA) is 46.6 Å². The van der Waals surface area contributed by atoms with E-state index in [2.05, 4.69) is 4.28 Å². The van der Waals surface area contributed by atoms with Crippen LogP contribution < -0.4 is 0 Å². The molecule has 0 aromatic rings. The molecule has 0 saturated heterocycles. The lowest BCUT2D eigenvalue weighted by atomic mass is 13.3. The summed E-state index contributed by atoms with van der Waals surface area (Å²) >= 11 is 0. The molecule has 0 aromatic heterocycles. The van der Waals surface area contributed by atoms with Gasteiger partial charge >= 0.3 is 10.5 Å². The summed E-state index contributed by atoms with van der Waals surface area (Å²) in [7, 11) is -5.55. The fourth-order valence-electron chi connectivity index (χ4n) is 0.0673. The minimum atomic E-state index is -5.55. The van der Waals surface area contributed by atoms with E-state index >= 15 is 0 Å². The Morgan fingerprint density at radius 3 is 1.75 bits per heavy atom. The highest BCUT2D eigenvalue weighted by Gasteiger charge is 2.14. The Hall–Kier alpha value is -0.340. The van der Waals surface area contributed by atoms with Crippen LogP contribution in [0.4, 0.5) is 12.8 Å². The van der Waals surface area contributed by atoms with Crippen LogP contribution in [0.5, 0.6) is 0 Å². The highest BCUT2D eigenvalue weighted by molar-refractivity contribution is 7.81. The van der Waals surface area contributed by atoms with Crippen molar-refractivity contribution in [2.45, 2.75) is 0 Å². The molecular formula is F3NO3S. The van der Waals surface area contributed by atoms with Crippen LogP contribution in [0.2, 0.25) is 0 Å². The van der Waals surface area contributed by atoms with Crippen molar-refractivity contribution in [1.29, 1.82) is 0 Å². The zero-order chi connectivity index (χ0) is 6.78. The van der Waals surface area contributed by atoms with Crippen LogP contribution in [-0.4, -0.2) is 13.9 Å². The van der Waals surface area contributed by atoms with E-state index in [0.29, 0.717) is 0 Å². The van der Waals surface area contributed by atoms with E-state index in [1.165, 1.54) is 0 Å². The first kappa shape index (κ1) is 7.66. The molecule has 0 spiro atoms. The second-order valence-electron chi connectivity index (χ2n) is 0.670. The molecule has 50 valence electrons. The average molecular weight is 151 g/mol. The van der Waals surface area contributed by atoms with Crippen LogP contribution in [0.25, 0.3) is 0 Å². The summed E-state index contributed by atoms with van der Waals surface area (Å²) in [6.45, 7) is 0. The van der Waals surface area contributed by atoms with E-state index in [1.54, 1.807) is 0 Å². The molecule has 0 unspecified atom stereocenters. The normalized spacial score (nSPS) is 12.5. The number of nitrogens with zero attached hydrogens (tertiary/aromatic N) is 1. The zero-order valence-electron chi connectivity index (χ0n) is 3.21. The highest BCUT2D eigenvalue weighted by atomic mass is 32.3. The first-order valence-electron chi connectivity index (χ1n) is 1.17. The lowest BCUT2D eigenvalue weighted by Gasteiger charge is -1.90. The van der Waals surface area contributed by atoms with Crippen molar-refractivity contribution in [1.82, 2.24) is 5.51 Å². The van der Waals surface area contributed by atoms with Crippen LogP contribution in [0, 0.1) is 0 Å². The third kappa shape index (κ3) is 5.66. The van der Waals surface area contributed by atoms with Gasteiger partial charge < -0.3 is 0 Å². The SMILES string of the molecule is O=S(=O)(F)ON(F)F. The molecule has 0 aliphatic rings. The zero-order valence-corrected chi connectivity index (χ0v) is 4.03. The number of rotatable bonds is 2. The van der Waals surface area contributed by atoms with E-state index in [1.807, 2.05) is 0 Å². The fraction of sp³-hybridized carbons (Fsp3) is 0. The third-order valence-corrected chi connectivity index (χ3v) is 0.436. The van der Waals surface area contributed by atoms with Gasteiger partial charge in [0.2, 0.25) is 0 Å². The molecule has 0 fully saturated rings. The monoisotopic (exact) mass is 151 g/mol. The molecule has 0 bridgehead atoms. The summed E-state index contributed by atoms with van der Waals surface area (Å²) in [5, 5.41) is 0. The maximum absolute atomic E-state index is 10.9. The van der Waals surface area contributed by atoms with Gasteiger partial charge in [-0.05, 0) is 0 Å². The predicted molar refractivity (Wildman–Crippen MR) is 15.2 cm³/mol. The summed E-state index contributed by atoms with van der Waals surface area (Å²) in [6.07, 6.45) is 0. The Morgan fingerprint density at radius 1 is 1.38 bits per heavy atom. The minimum Gasteiger partial charge on any atom is -0.163 e. The Kier molecular flexibility index (Phi) is 2.19. The second kappa shape index (κ2) is 2.29. The molecule has 0 rings (SSSR count). The molecule has 0 amide bonds. The smallest absolute Gasteiger partial charge is 0.163 e. The Bertz CT molecular complexity index is 148. The maximum atomic E-state index is 10.9. The van der Waals surface area contributed by atoms with Gasteiger partial charge in [-0.2, -0.15) is 8.42 Å². The Morgan fingerprint density at radius 2 is 1.75 bits per heavy atom. The van der Waals surface area contributed by atoms with Crippen molar-refractivity contribution in [3.05, 3.63) is 0 Å². The fourth-order valence-corrected chi connectivity index (χ4v) is 0.202. The predicted octanol–water partition coefficient (Wildman–Crippen LogP) is 0.203. The van der Waals surface area contributed by atoms with E-state index in [9.17, 15) is 12.8 Å². The van der Waals surface area contributed by atoms with Crippen molar-refractivity contribution >= 4 is 10.5 Å². The molecule has 0 aliphatic carbocycles. The average Bonchev–Trinajstić information content (AvgIpc) is 1.21. The van der Waals surface area contributed by atoms with Gasteiger partial charge in [-0.25, -0.2) is 0 Å². The number of hydrogen-bond acceptors (Lipinski definition) is 4. The highest BCUT2D eigenvalue weighted by Crippen LogP contribution is 1.99. The molecule has 8 heavy (non-hydrogen) atoms. The molecule has 0 N–H and O–H groups in total. The van der Waals surface area contributed by atoms with Crippen molar-refractivity contribution in [2.24, 2.45) is 0 Å². The Balaban J connectivity index is 3.75. The van der Waals surface area contributed by atoms with Crippen LogP contribution in [-0.2, 0) is 14.8 Å². The molecule has 0 radical (unpaired) electrons. The van der Waals surface area contributed by atoms with Crippen molar-refractivity contribution < 1.29 is 25.5 Å². The standard InChI is InChI=1S/F3NO3S/c1-4(2)7-8(3,5)6. The molecule has 0 heterocycles. The molecule has 0 aliphatic heterocycles. The summed E-state index contributed by atoms with van der Waals surface area (Å²) in [5.74, 6) is 0. The molecule has 0 aromatic carbocycles. The lowest BCUT2D eigenvalue weighted by molar-refractivity contribution is -0.337. The summed E-state index contributed by atoms with van der Waals surface area (Å²) in [5.41, 5.74) is -2.25. The summed E-state index contributed by atoms with van der Waals surface area (Å²) in [6, 6.07) is 0. The van der Waals surface area contributed by atoms with Crippen LogP contribution in [0.1, 0.15) is 0 Å². The lowest BCUT2D eigenvalue weighted by Crippen LogP contribution is -2.06. The van der Waals surface area contributed by atoms with Gasteiger partial charge in [-0.15, -0.1) is 0 Å². The van der Waals surface area contributed by atoms with Gasteiger partial charge in [0.1, 0.15) is 0 Å². The van der Waals surface area contributed by atoms with Gasteiger partial charge in [-0.1, -0.05) is 17.1 Å².